The number of para-hydroxylation sites is 1. The standard InChI is InChI=1S/C14H15FN2O3/c15-11-3-1-2-9(4-5-12(18)19)13(11)17-7-6-10(8-17)14(16)20/h1-5,10H,6-8H2,(H2,16,20)(H,18,19)/b5-4+. The van der Waals surface area contributed by atoms with Crippen LogP contribution < -0.4 is 10.6 Å². The maximum atomic E-state index is 14.0. The molecule has 5 nitrogen and oxygen atoms in total. The van der Waals surface area contributed by atoms with E-state index in [1.807, 2.05) is 0 Å². The van der Waals surface area contributed by atoms with E-state index in [9.17, 15) is 14.0 Å². The molecule has 1 aliphatic heterocycles. The van der Waals surface area contributed by atoms with Crippen LogP contribution >= 0.6 is 0 Å². The first-order valence-corrected chi connectivity index (χ1v) is 6.23. The lowest BCUT2D eigenvalue weighted by molar-refractivity contribution is -0.131. The van der Waals surface area contributed by atoms with Gasteiger partial charge in [0.2, 0.25) is 5.91 Å². The SMILES string of the molecule is NC(=O)C1CCN(c2c(F)cccc2/C=C/C(=O)O)C1. The van der Waals surface area contributed by atoms with Crippen molar-refractivity contribution in [3.8, 4) is 0 Å². The van der Waals surface area contributed by atoms with Crippen LogP contribution in [0.2, 0.25) is 0 Å². The maximum Gasteiger partial charge on any atom is 0.328 e. The number of hydrogen-bond donors (Lipinski definition) is 2. The second kappa shape index (κ2) is 5.73. The van der Waals surface area contributed by atoms with Crippen molar-refractivity contribution in [1.82, 2.24) is 0 Å². The number of halogens is 1. The number of carbonyl (C=O) groups excluding carboxylic acids is 1. The summed E-state index contributed by atoms with van der Waals surface area (Å²) in [4.78, 5) is 23.5. The molecule has 6 heteroatoms. The Hall–Kier alpha value is -2.37. The number of carboxylic acid groups (broad SMARTS) is 1. The van der Waals surface area contributed by atoms with Gasteiger partial charge in [-0.1, -0.05) is 12.1 Å². The van der Waals surface area contributed by atoms with Gasteiger partial charge in [0, 0.05) is 24.7 Å². The van der Waals surface area contributed by atoms with Crippen molar-refractivity contribution in [1.29, 1.82) is 0 Å². The van der Waals surface area contributed by atoms with E-state index >= 15 is 0 Å². The molecule has 1 heterocycles. The number of benzene rings is 1. The van der Waals surface area contributed by atoms with Gasteiger partial charge in [-0.25, -0.2) is 9.18 Å². The molecule has 0 radical (unpaired) electrons. The van der Waals surface area contributed by atoms with Gasteiger partial charge in [0.25, 0.3) is 0 Å². The maximum absolute atomic E-state index is 14.0. The molecule has 0 bridgehead atoms. The predicted octanol–water partition coefficient (Wildman–Crippen LogP) is 1.24. The monoisotopic (exact) mass is 278 g/mol. The Morgan fingerprint density at radius 1 is 1.45 bits per heavy atom. The molecule has 0 aliphatic carbocycles. The van der Waals surface area contributed by atoms with Crippen LogP contribution in [-0.4, -0.2) is 30.1 Å². The third-order valence-electron chi connectivity index (χ3n) is 3.33. The fraction of sp³-hybridized carbons (Fsp3) is 0.286. The minimum absolute atomic E-state index is 0.300. The van der Waals surface area contributed by atoms with Gasteiger partial charge in [0.15, 0.2) is 0 Å². The van der Waals surface area contributed by atoms with Crippen molar-refractivity contribution in [2.45, 2.75) is 6.42 Å². The molecule has 0 aromatic heterocycles. The van der Waals surface area contributed by atoms with Crippen molar-refractivity contribution < 1.29 is 19.1 Å². The number of aliphatic carboxylic acids is 1. The number of hydrogen-bond acceptors (Lipinski definition) is 3. The predicted molar refractivity (Wildman–Crippen MR) is 72.6 cm³/mol. The van der Waals surface area contributed by atoms with E-state index in [-0.39, 0.29) is 5.92 Å². The van der Waals surface area contributed by atoms with E-state index in [0.29, 0.717) is 30.8 Å². The molecule has 1 aromatic carbocycles. The van der Waals surface area contributed by atoms with E-state index in [0.717, 1.165) is 6.08 Å². The fourth-order valence-corrected chi connectivity index (χ4v) is 2.36. The fourth-order valence-electron chi connectivity index (χ4n) is 2.36. The zero-order valence-corrected chi connectivity index (χ0v) is 10.8. The Balaban J connectivity index is 2.31. The first-order valence-electron chi connectivity index (χ1n) is 6.23. The average molecular weight is 278 g/mol. The molecule has 106 valence electrons. The summed E-state index contributed by atoms with van der Waals surface area (Å²) < 4.78 is 14.0. The number of rotatable bonds is 4. The molecule has 2 rings (SSSR count). The lowest BCUT2D eigenvalue weighted by Gasteiger charge is -2.21. The molecule has 1 fully saturated rings. The molecule has 1 aromatic rings. The van der Waals surface area contributed by atoms with Crippen molar-refractivity contribution in [3.63, 3.8) is 0 Å². The molecule has 1 unspecified atom stereocenters. The number of amides is 1. The summed E-state index contributed by atoms with van der Waals surface area (Å²) in [6.07, 6.45) is 2.88. The molecular formula is C14H15FN2O3. The highest BCUT2D eigenvalue weighted by molar-refractivity contribution is 5.87. The van der Waals surface area contributed by atoms with E-state index in [2.05, 4.69) is 0 Å². The summed E-state index contributed by atoms with van der Waals surface area (Å²) in [6, 6.07) is 4.46. The Labute approximate surface area is 115 Å². The lowest BCUT2D eigenvalue weighted by Crippen LogP contribution is -2.28. The second-order valence-electron chi connectivity index (χ2n) is 4.68. The van der Waals surface area contributed by atoms with E-state index in [1.54, 1.807) is 11.0 Å². The van der Waals surface area contributed by atoms with Crippen LogP contribution in [0.25, 0.3) is 6.08 Å². The largest absolute Gasteiger partial charge is 0.478 e. The third kappa shape index (κ3) is 2.96. The molecule has 1 atom stereocenters. The van der Waals surface area contributed by atoms with Gasteiger partial charge in [-0.15, -0.1) is 0 Å². The summed E-state index contributed by atoms with van der Waals surface area (Å²) in [5, 5.41) is 8.66. The van der Waals surface area contributed by atoms with Crippen LogP contribution in [0.1, 0.15) is 12.0 Å². The minimum Gasteiger partial charge on any atom is -0.478 e. The second-order valence-corrected chi connectivity index (χ2v) is 4.68. The van der Waals surface area contributed by atoms with Crippen LogP contribution in [0.15, 0.2) is 24.3 Å². The number of primary amides is 1. The first-order chi connectivity index (χ1) is 9.49. The zero-order chi connectivity index (χ0) is 14.7. The van der Waals surface area contributed by atoms with Crippen LogP contribution in [0.4, 0.5) is 10.1 Å². The quantitative estimate of drug-likeness (QED) is 0.811. The molecular weight excluding hydrogens is 263 g/mol. The van der Waals surface area contributed by atoms with Crippen LogP contribution in [0, 0.1) is 11.7 Å². The minimum atomic E-state index is -1.10. The van der Waals surface area contributed by atoms with Crippen molar-refractivity contribution >= 4 is 23.6 Å². The molecule has 0 saturated carbocycles. The average Bonchev–Trinajstić information content (AvgIpc) is 2.85. The van der Waals surface area contributed by atoms with Crippen molar-refractivity contribution in [3.05, 3.63) is 35.7 Å². The van der Waals surface area contributed by atoms with E-state index < -0.39 is 17.7 Å². The van der Waals surface area contributed by atoms with Crippen molar-refractivity contribution in [2.75, 3.05) is 18.0 Å². The molecule has 1 aliphatic rings. The molecule has 0 spiro atoms. The Morgan fingerprint density at radius 3 is 2.80 bits per heavy atom. The lowest BCUT2D eigenvalue weighted by atomic mass is 10.1. The van der Waals surface area contributed by atoms with Gasteiger partial charge in [-0.05, 0) is 18.6 Å². The van der Waals surface area contributed by atoms with Gasteiger partial charge < -0.3 is 15.7 Å². The number of nitrogens with two attached hydrogens (primary N) is 1. The number of carbonyl (C=O) groups is 2. The summed E-state index contributed by atoms with van der Waals surface area (Å²) in [5.74, 6) is -2.24. The van der Waals surface area contributed by atoms with E-state index in [1.165, 1.54) is 18.2 Å². The Bertz CT molecular complexity index is 572. The zero-order valence-electron chi connectivity index (χ0n) is 10.8. The summed E-state index contributed by atoms with van der Waals surface area (Å²) in [5.41, 5.74) is 6.05. The van der Waals surface area contributed by atoms with E-state index in [4.69, 9.17) is 10.8 Å². The summed E-state index contributed by atoms with van der Waals surface area (Å²) in [7, 11) is 0. The van der Waals surface area contributed by atoms with Crippen molar-refractivity contribution in [2.24, 2.45) is 11.7 Å². The highest BCUT2D eigenvalue weighted by Gasteiger charge is 2.29. The molecule has 1 saturated heterocycles. The Kier molecular flexibility index (Phi) is 4.02. The highest BCUT2D eigenvalue weighted by Crippen LogP contribution is 2.30. The molecule has 20 heavy (non-hydrogen) atoms. The Morgan fingerprint density at radius 2 is 2.20 bits per heavy atom. The van der Waals surface area contributed by atoms with Crippen LogP contribution in [0.5, 0.6) is 0 Å². The number of anilines is 1. The third-order valence-corrected chi connectivity index (χ3v) is 3.33. The smallest absolute Gasteiger partial charge is 0.328 e. The van der Waals surface area contributed by atoms with Crippen LogP contribution in [-0.2, 0) is 9.59 Å². The number of carboxylic acids is 1. The summed E-state index contributed by atoms with van der Waals surface area (Å²) in [6.45, 7) is 0.868. The molecule has 1 amide bonds. The topological polar surface area (TPSA) is 83.6 Å². The van der Waals surface area contributed by atoms with Gasteiger partial charge in [-0.2, -0.15) is 0 Å². The highest BCUT2D eigenvalue weighted by atomic mass is 19.1. The summed E-state index contributed by atoms with van der Waals surface area (Å²) >= 11 is 0. The number of nitrogens with zero attached hydrogens (tertiary/aromatic N) is 1. The molecule has 3 N–H and O–H groups in total. The van der Waals surface area contributed by atoms with Gasteiger partial charge in [0.1, 0.15) is 5.82 Å². The first kappa shape index (κ1) is 14.0. The normalized spacial score (nSPS) is 18.6. The van der Waals surface area contributed by atoms with Gasteiger partial charge in [0.05, 0.1) is 11.6 Å². The van der Waals surface area contributed by atoms with Gasteiger partial charge >= 0.3 is 5.97 Å². The van der Waals surface area contributed by atoms with Crippen LogP contribution in [0.3, 0.4) is 0 Å². The van der Waals surface area contributed by atoms with Gasteiger partial charge in [-0.3, -0.25) is 4.79 Å².